The van der Waals surface area contributed by atoms with Crippen LogP contribution in [0.15, 0.2) is 24.3 Å². The van der Waals surface area contributed by atoms with E-state index in [1.54, 1.807) is 12.1 Å². The average molecular weight is 235 g/mol. The van der Waals surface area contributed by atoms with Crippen LogP contribution in [0, 0.1) is 10.1 Å². The second kappa shape index (κ2) is 5.25. The Morgan fingerprint density at radius 1 is 1.59 bits per heavy atom. The number of hydrogen-bond acceptors (Lipinski definition) is 4. The molecule has 1 N–H and O–H groups in total. The highest BCUT2D eigenvalue weighted by molar-refractivity contribution is 5.34. The average Bonchev–Trinajstić information content (AvgIpc) is 2.29. The zero-order valence-corrected chi connectivity index (χ0v) is 9.93. The molecule has 0 aliphatic carbocycles. The topological polar surface area (TPSA) is 58.4 Å². The molecule has 1 aliphatic heterocycles. The fourth-order valence-corrected chi connectivity index (χ4v) is 2.18. The van der Waals surface area contributed by atoms with Crippen LogP contribution in [0.5, 0.6) is 0 Å². The summed E-state index contributed by atoms with van der Waals surface area (Å²) in [6, 6.07) is 7.37. The number of hydrogen-bond donors (Lipinski definition) is 1. The van der Waals surface area contributed by atoms with Gasteiger partial charge in [-0.1, -0.05) is 12.1 Å². The molecule has 0 amide bonds. The summed E-state index contributed by atoms with van der Waals surface area (Å²) in [5, 5.41) is 14.1. The molecule has 17 heavy (non-hydrogen) atoms. The van der Waals surface area contributed by atoms with Crippen LogP contribution in [0.25, 0.3) is 0 Å². The fraction of sp³-hybridized carbons (Fsp3) is 0.500. The third kappa shape index (κ3) is 3.25. The summed E-state index contributed by atoms with van der Waals surface area (Å²) in [4.78, 5) is 12.7. The Labute approximate surface area is 101 Å². The minimum Gasteiger partial charge on any atom is -0.312 e. The van der Waals surface area contributed by atoms with Gasteiger partial charge in [0, 0.05) is 44.4 Å². The molecule has 2 rings (SSSR count). The molecule has 1 aromatic carbocycles. The Balaban J connectivity index is 2.02. The van der Waals surface area contributed by atoms with Crippen LogP contribution in [0.3, 0.4) is 0 Å². The van der Waals surface area contributed by atoms with E-state index >= 15 is 0 Å². The van der Waals surface area contributed by atoms with Crippen LogP contribution < -0.4 is 5.32 Å². The molecule has 0 radical (unpaired) electrons. The molecule has 1 atom stereocenters. The zero-order valence-electron chi connectivity index (χ0n) is 9.93. The number of nitrogens with zero attached hydrogens (tertiary/aromatic N) is 2. The minimum atomic E-state index is -0.343. The maximum Gasteiger partial charge on any atom is 0.269 e. The molecule has 5 nitrogen and oxygen atoms in total. The standard InChI is InChI=1S/C12H17N3O2/c1-10-8-14(6-5-13-10)9-11-3-2-4-12(7-11)15(16)17/h2-4,7,10,13H,5-6,8-9H2,1H3/t10-/m1/s1. The predicted octanol–water partition coefficient (Wildman–Crippen LogP) is 1.39. The molecular formula is C12H17N3O2. The van der Waals surface area contributed by atoms with E-state index in [9.17, 15) is 10.1 Å². The van der Waals surface area contributed by atoms with Gasteiger partial charge in [0.1, 0.15) is 0 Å². The predicted molar refractivity (Wildman–Crippen MR) is 65.8 cm³/mol. The molecule has 0 aromatic heterocycles. The second-order valence-corrected chi connectivity index (χ2v) is 4.52. The van der Waals surface area contributed by atoms with Crippen molar-refractivity contribution in [3.05, 3.63) is 39.9 Å². The molecule has 0 spiro atoms. The zero-order chi connectivity index (χ0) is 12.3. The van der Waals surface area contributed by atoms with Crippen LogP contribution in [0.2, 0.25) is 0 Å². The lowest BCUT2D eigenvalue weighted by Gasteiger charge is -2.31. The Morgan fingerprint density at radius 2 is 2.41 bits per heavy atom. The van der Waals surface area contributed by atoms with Gasteiger partial charge in [-0.05, 0) is 12.5 Å². The van der Waals surface area contributed by atoms with Crippen LogP contribution in [-0.4, -0.2) is 35.5 Å². The lowest BCUT2D eigenvalue weighted by Crippen LogP contribution is -2.48. The number of nitro benzene ring substituents is 1. The van der Waals surface area contributed by atoms with Gasteiger partial charge in [-0.25, -0.2) is 0 Å². The number of nitro groups is 1. The second-order valence-electron chi connectivity index (χ2n) is 4.52. The van der Waals surface area contributed by atoms with Crippen molar-refractivity contribution in [2.24, 2.45) is 0 Å². The summed E-state index contributed by atoms with van der Waals surface area (Å²) < 4.78 is 0. The van der Waals surface area contributed by atoms with Crippen LogP contribution in [0.1, 0.15) is 12.5 Å². The van der Waals surface area contributed by atoms with E-state index in [1.807, 2.05) is 6.07 Å². The van der Waals surface area contributed by atoms with Crippen molar-refractivity contribution in [1.82, 2.24) is 10.2 Å². The maximum atomic E-state index is 10.7. The Kier molecular flexibility index (Phi) is 3.71. The number of piperazine rings is 1. The third-order valence-electron chi connectivity index (χ3n) is 2.98. The van der Waals surface area contributed by atoms with E-state index in [0.717, 1.165) is 31.7 Å². The van der Waals surface area contributed by atoms with Gasteiger partial charge in [0.2, 0.25) is 0 Å². The minimum absolute atomic E-state index is 0.172. The monoisotopic (exact) mass is 235 g/mol. The van der Waals surface area contributed by atoms with Crippen LogP contribution in [-0.2, 0) is 6.54 Å². The van der Waals surface area contributed by atoms with Crippen molar-refractivity contribution in [2.75, 3.05) is 19.6 Å². The van der Waals surface area contributed by atoms with Crippen molar-refractivity contribution in [2.45, 2.75) is 19.5 Å². The van der Waals surface area contributed by atoms with E-state index in [1.165, 1.54) is 6.07 Å². The molecular weight excluding hydrogens is 218 g/mol. The van der Waals surface area contributed by atoms with Gasteiger partial charge in [0.25, 0.3) is 5.69 Å². The number of non-ortho nitro benzene ring substituents is 1. The summed E-state index contributed by atoms with van der Waals surface area (Å²) in [6.45, 7) is 5.90. The normalized spacial score (nSPS) is 21.4. The summed E-state index contributed by atoms with van der Waals surface area (Å²) in [7, 11) is 0. The Bertz CT molecular complexity index is 408. The van der Waals surface area contributed by atoms with E-state index in [0.29, 0.717) is 6.04 Å². The number of benzene rings is 1. The Hall–Kier alpha value is -1.46. The van der Waals surface area contributed by atoms with Gasteiger partial charge < -0.3 is 5.32 Å². The molecule has 92 valence electrons. The van der Waals surface area contributed by atoms with Crippen molar-refractivity contribution < 1.29 is 4.92 Å². The first-order valence-corrected chi connectivity index (χ1v) is 5.84. The van der Waals surface area contributed by atoms with Gasteiger partial charge in [-0.3, -0.25) is 15.0 Å². The number of rotatable bonds is 3. The maximum absolute atomic E-state index is 10.7. The molecule has 5 heteroatoms. The molecule has 0 unspecified atom stereocenters. The van der Waals surface area contributed by atoms with E-state index < -0.39 is 0 Å². The lowest BCUT2D eigenvalue weighted by molar-refractivity contribution is -0.384. The van der Waals surface area contributed by atoms with Crippen LogP contribution >= 0.6 is 0 Å². The first-order chi connectivity index (χ1) is 8.15. The van der Waals surface area contributed by atoms with Gasteiger partial charge in [0.05, 0.1) is 4.92 Å². The van der Waals surface area contributed by atoms with E-state index in [-0.39, 0.29) is 10.6 Å². The van der Waals surface area contributed by atoms with Gasteiger partial charge in [-0.15, -0.1) is 0 Å². The fourth-order valence-electron chi connectivity index (χ4n) is 2.18. The van der Waals surface area contributed by atoms with Gasteiger partial charge >= 0.3 is 0 Å². The van der Waals surface area contributed by atoms with E-state index in [2.05, 4.69) is 17.1 Å². The third-order valence-corrected chi connectivity index (χ3v) is 2.98. The van der Waals surface area contributed by atoms with Crippen molar-refractivity contribution >= 4 is 5.69 Å². The highest BCUT2D eigenvalue weighted by atomic mass is 16.6. The molecule has 0 bridgehead atoms. The number of nitrogens with one attached hydrogen (secondary N) is 1. The molecule has 1 saturated heterocycles. The summed E-state index contributed by atoms with van der Waals surface area (Å²) >= 11 is 0. The highest BCUT2D eigenvalue weighted by Crippen LogP contribution is 2.15. The Morgan fingerprint density at radius 3 is 3.12 bits per heavy atom. The van der Waals surface area contributed by atoms with Gasteiger partial charge in [0.15, 0.2) is 0 Å². The van der Waals surface area contributed by atoms with Crippen LogP contribution in [0.4, 0.5) is 5.69 Å². The summed E-state index contributed by atoms with van der Waals surface area (Å²) in [5.74, 6) is 0. The first kappa shape index (κ1) is 12.0. The van der Waals surface area contributed by atoms with Crippen molar-refractivity contribution in [3.63, 3.8) is 0 Å². The molecule has 1 aliphatic rings. The van der Waals surface area contributed by atoms with Crippen molar-refractivity contribution in [3.8, 4) is 0 Å². The molecule has 1 heterocycles. The molecule has 1 aromatic rings. The molecule has 1 fully saturated rings. The largest absolute Gasteiger partial charge is 0.312 e. The van der Waals surface area contributed by atoms with E-state index in [4.69, 9.17) is 0 Å². The van der Waals surface area contributed by atoms with Crippen molar-refractivity contribution in [1.29, 1.82) is 0 Å². The van der Waals surface area contributed by atoms with Gasteiger partial charge in [-0.2, -0.15) is 0 Å². The quantitative estimate of drug-likeness (QED) is 0.635. The first-order valence-electron chi connectivity index (χ1n) is 5.84. The molecule has 0 saturated carbocycles. The smallest absolute Gasteiger partial charge is 0.269 e. The highest BCUT2D eigenvalue weighted by Gasteiger charge is 2.16. The SMILES string of the molecule is C[C@@H]1CN(Cc2cccc([N+](=O)[O-])c2)CCN1. The summed E-state index contributed by atoms with van der Waals surface area (Å²) in [6.07, 6.45) is 0. The summed E-state index contributed by atoms with van der Waals surface area (Å²) in [5.41, 5.74) is 1.18. The lowest BCUT2D eigenvalue weighted by atomic mass is 10.1.